The fourth-order valence-corrected chi connectivity index (χ4v) is 3.29. The van der Waals surface area contributed by atoms with E-state index in [1.807, 2.05) is 31.2 Å². The van der Waals surface area contributed by atoms with Crippen LogP contribution in [0.15, 0.2) is 29.2 Å². The summed E-state index contributed by atoms with van der Waals surface area (Å²) in [6, 6.07) is 8.14. The van der Waals surface area contributed by atoms with Crippen molar-refractivity contribution in [2.45, 2.75) is 49.7 Å². The molecule has 1 fully saturated rings. The van der Waals surface area contributed by atoms with Gasteiger partial charge in [-0.2, -0.15) is 0 Å². The number of aryl methyl sites for hydroxylation is 1. The van der Waals surface area contributed by atoms with Crippen LogP contribution in [0.5, 0.6) is 0 Å². The molecule has 1 aliphatic rings. The molecule has 3 atom stereocenters. The summed E-state index contributed by atoms with van der Waals surface area (Å²) >= 11 is 1.57. The average molecular weight is 324 g/mol. The molecule has 1 saturated heterocycles. The molecule has 1 aromatic carbocycles. The lowest BCUT2D eigenvalue weighted by Gasteiger charge is -2.17. The lowest BCUT2D eigenvalue weighted by Crippen LogP contribution is -2.31. The zero-order chi connectivity index (χ0) is 16.1. The van der Waals surface area contributed by atoms with Gasteiger partial charge >= 0.3 is 11.9 Å². The fourth-order valence-electron chi connectivity index (χ4n) is 2.21. The number of hydrogen-bond donors (Lipinski definition) is 0. The Hall–Kier alpha value is -1.53. The number of rotatable bonds is 5. The number of carbonyl (C=O) groups excluding carboxylic acids is 2. The molecular weight excluding hydrogens is 304 g/mol. The normalized spacial score (nSPS) is 24.0. The van der Waals surface area contributed by atoms with Crippen molar-refractivity contribution in [2.75, 3.05) is 6.61 Å². The molecule has 0 unspecified atom stereocenters. The Balaban J connectivity index is 1.97. The van der Waals surface area contributed by atoms with Crippen molar-refractivity contribution in [2.24, 2.45) is 0 Å². The number of benzene rings is 1. The Morgan fingerprint density at radius 1 is 1.23 bits per heavy atom. The van der Waals surface area contributed by atoms with Crippen LogP contribution >= 0.6 is 11.8 Å². The second kappa shape index (κ2) is 7.65. The van der Waals surface area contributed by atoms with Gasteiger partial charge in [-0.25, -0.2) is 0 Å². The van der Waals surface area contributed by atoms with E-state index in [0.29, 0.717) is 6.42 Å². The molecule has 0 aliphatic carbocycles. The van der Waals surface area contributed by atoms with Crippen LogP contribution in [0.1, 0.15) is 25.8 Å². The lowest BCUT2D eigenvalue weighted by molar-refractivity contribution is -0.154. The number of hydrogen-bond acceptors (Lipinski definition) is 6. The first-order valence-electron chi connectivity index (χ1n) is 7.13. The van der Waals surface area contributed by atoms with Crippen LogP contribution in [-0.2, 0) is 23.8 Å². The van der Waals surface area contributed by atoms with Gasteiger partial charge in [0, 0.05) is 25.2 Å². The van der Waals surface area contributed by atoms with Gasteiger partial charge in [-0.05, 0) is 19.1 Å². The van der Waals surface area contributed by atoms with E-state index >= 15 is 0 Å². The summed E-state index contributed by atoms with van der Waals surface area (Å²) in [6.07, 6.45) is -0.236. The zero-order valence-corrected chi connectivity index (χ0v) is 13.7. The second-order valence-electron chi connectivity index (χ2n) is 5.22. The van der Waals surface area contributed by atoms with Gasteiger partial charge in [0.2, 0.25) is 0 Å². The lowest BCUT2D eigenvalue weighted by atomic mass is 10.2. The summed E-state index contributed by atoms with van der Waals surface area (Å²) in [6.45, 7) is 4.84. The van der Waals surface area contributed by atoms with Crippen molar-refractivity contribution in [3.63, 3.8) is 0 Å². The molecule has 0 N–H and O–H groups in total. The second-order valence-corrected chi connectivity index (χ2v) is 6.45. The van der Waals surface area contributed by atoms with Gasteiger partial charge in [-0.3, -0.25) is 9.59 Å². The number of esters is 2. The van der Waals surface area contributed by atoms with Crippen LogP contribution < -0.4 is 0 Å². The highest BCUT2D eigenvalue weighted by molar-refractivity contribution is 7.99. The van der Waals surface area contributed by atoms with Crippen LogP contribution in [0, 0.1) is 6.92 Å². The highest BCUT2D eigenvalue weighted by atomic mass is 32.2. The van der Waals surface area contributed by atoms with Crippen LogP contribution in [0.4, 0.5) is 0 Å². The third-order valence-electron chi connectivity index (χ3n) is 3.22. The average Bonchev–Trinajstić information content (AvgIpc) is 2.80. The maximum Gasteiger partial charge on any atom is 0.302 e. The Labute approximate surface area is 134 Å². The fraction of sp³-hybridized carbons (Fsp3) is 0.500. The third kappa shape index (κ3) is 5.03. The molecule has 0 amide bonds. The summed E-state index contributed by atoms with van der Waals surface area (Å²) < 4.78 is 16.1. The Morgan fingerprint density at radius 3 is 2.50 bits per heavy atom. The topological polar surface area (TPSA) is 61.8 Å². The minimum atomic E-state index is -0.421. The largest absolute Gasteiger partial charge is 0.463 e. The molecule has 0 spiro atoms. The molecule has 6 heteroatoms. The molecule has 2 rings (SSSR count). The van der Waals surface area contributed by atoms with Gasteiger partial charge in [-0.15, -0.1) is 0 Å². The van der Waals surface area contributed by atoms with Crippen LogP contribution in [0.25, 0.3) is 0 Å². The SMILES string of the molecule is CC(=O)OC[C@H]1O[C@@H](Sc2ccc(C)cc2)C[C@@H]1OC(C)=O. The van der Waals surface area contributed by atoms with Crippen LogP contribution in [-0.4, -0.2) is 36.2 Å². The van der Waals surface area contributed by atoms with Gasteiger partial charge in [-0.1, -0.05) is 29.5 Å². The van der Waals surface area contributed by atoms with E-state index in [1.54, 1.807) is 11.8 Å². The zero-order valence-electron chi connectivity index (χ0n) is 12.9. The van der Waals surface area contributed by atoms with E-state index in [0.717, 1.165) is 4.90 Å². The van der Waals surface area contributed by atoms with Crippen molar-refractivity contribution in [1.82, 2.24) is 0 Å². The molecule has 22 heavy (non-hydrogen) atoms. The van der Waals surface area contributed by atoms with Crippen molar-refractivity contribution in [3.8, 4) is 0 Å². The molecule has 1 aromatic rings. The molecule has 0 saturated carbocycles. The standard InChI is InChI=1S/C16H20O5S/c1-10-4-6-13(7-5-10)22-16-8-14(20-12(3)18)15(21-16)9-19-11(2)17/h4-7,14-16H,8-9H2,1-3H3/t14-,15+,16-/m0/s1. The van der Waals surface area contributed by atoms with E-state index in [9.17, 15) is 9.59 Å². The number of thioether (sulfide) groups is 1. The minimum absolute atomic E-state index is 0.0955. The van der Waals surface area contributed by atoms with E-state index in [-0.39, 0.29) is 30.1 Å². The summed E-state index contributed by atoms with van der Waals surface area (Å²) in [5.74, 6) is -0.734. The Morgan fingerprint density at radius 2 is 1.91 bits per heavy atom. The number of carbonyl (C=O) groups is 2. The van der Waals surface area contributed by atoms with Gasteiger partial charge in [0.25, 0.3) is 0 Å². The summed E-state index contributed by atoms with van der Waals surface area (Å²) in [7, 11) is 0. The Bertz CT molecular complexity index is 528. The summed E-state index contributed by atoms with van der Waals surface area (Å²) in [5, 5.41) is 0. The van der Waals surface area contributed by atoms with Crippen LogP contribution in [0.3, 0.4) is 0 Å². The first-order chi connectivity index (χ1) is 10.4. The highest BCUT2D eigenvalue weighted by Gasteiger charge is 2.38. The quantitative estimate of drug-likeness (QED) is 0.776. The van der Waals surface area contributed by atoms with Crippen molar-refractivity contribution in [3.05, 3.63) is 29.8 Å². The first-order valence-corrected chi connectivity index (χ1v) is 8.01. The predicted octanol–water partition coefficient (Wildman–Crippen LogP) is 2.70. The summed E-state index contributed by atoms with van der Waals surface area (Å²) in [5.41, 5.74) is 1.06. The van der Waals surface area contributed by atoms with Gasteiger partial charge in [0.1, 0.15) is 24.3 Å². The van der Waals surface area contributed by atoms with Gasteiger partial charge in [0.15, 0.2) is 0 Å². The molecular formula is C16H20O5S. The van der Waals surface area contributed by atoms with Crippen molar-refractivity contribution >= 4 is 23.7 Å². The predicted molar refractivity (Wildman–Crippen MR) is 82.5 cm³/mol. The Kier molecular flexibility index (Phi) is 5.85. The first kappa shape index (κ1) is 16.8. The van der Waals surface area contributed by atoms with Crippen molar-refractivity contribution < 1.29 is 23.8 Å². The highest BCUT2D eigenvalue weighted by Crippen LogP contribution is 2.35. The van der Waals surface area contributed by atoms with Gasteiger partial charge < -0.3 is 14.2 Å². The monoisotopic (exact) mass is 324 g/mol. The maximum absolute atomic E-state index is 11.2. The van der Waals surface area contributed by atoms with Gasteiger partial charge in [0.05, 0.1) is 0 Å². The summed E-state index contributed by atoms with van der Waals surface area (Å²) in [4.78, 5) is 23.2. The van der Waals surface area contributed by atoms with E-state index < -0.39 is 6.10 Å². The molecule has 1 aliphatic heterocycles. The maximum atomic E-state index is 11.2. The van der Waals surface area contributed by atoms with E-state index in [1.165, 1.54) is 19.4 Å². The third-order valence-corrected chi connectivity index (χ3v) is 4.33. The molecule has 0 radical (unpaired) electrons. The minimum Gasteiger partial charge on any atom is -0.463 e. The smallest absolute Gasteiger partial charge is 0.302 e. The van der Waals surface area contributed by atoms with E-state index in [2.05, 4.69) is 0 Å². The molecule has 5 nitrogen and oxygen atoms in total. The molecule has 120 valence electrons. The molecule has 0 bridgehead atoms. The molecule has 0 aromatic heterocycles. The van der Waals surface area contributed by atoms with Crippen molar-refractivity contribution in [1.29, 1.82) is 0 Å². The molecule has 1 heterocycles. The number of ether oxygens (including phenoxy) is 3. The van der Waals surface area contributed by atoms with Crippen LogP contribution in [0.2, 0.25) is 0 Å². The van der Waals surface area contributed by atoms with E-state index in [4.69, 9.17) is 14.2 Å².